The normalized spacial score (nSPS) is 17.6. The van der Waals surface area contributed by atoms with E-state index in [2.05, 4.69) is 63.7 Å². The highest BCUT2D eigenvalue weighted by Gasteiger charge is 2.23. The molecule has 1 saturated heterocycles. The molecule has 6 nitrogen and oxygen atoms in total. The molecular formula is C21H40IN5OS. The fraction of sp³-hybridized carbons (Fsp3) is 0.762. The molecule has 29 heavy (non-hydrogen) atoms. The zero-order valence-electron chi connectivity index (χ0n) is 18.5. The van der Waals surface area contributed by atoms with E-state index in [9.17, 15) is 0 Å². The first-order chi connectivity index (χ1) is 13.7. The Morgan fingerprint density at radius 3 is 2.62 bits per heavy atom. The zero-order valence-corrected chi connectivity index (χ0v) is 21.7. The van der Waals surface area contributed by atoms with Crippen molar-refractivity contribution in [3.8, 4) is 0 Å². The fourth-order valence-corrected chi connectivity index (χ4v) is 4.50. The van der Waals surface area contributed by atoms with E-state index in [1.54, 1.807) is 0 Å². The summed E-state index contributed by atoms with van der Waals surface area (Å²) in [7, 11) is 1.85. The number of morpholine rings is 1. The number of ether oxygens (including phenoxy) is 1. The number of halogens is 1. The van der Waals surface area contributed by atoms with Crippen molar-refractivity contribution in [2.24, 2.45) is 4.99 Å². The number of thiophene rings is 1. The summed E-state index contributed by atoms with van der Waals surface area (Å²) in [6.45, 7) is 14.6. The van der Waals surface area contributed by atoms with E-state index in [4.69, 9.17) is 4.74 Å². The Hall–Kier alpha value is -0.420. The van der Waals surface area contributed by atoms with Crippen LogP contribution in [0.25, 0.3) is 0 Å². The minimum absolute atomic E-state index is 0. The third kappa shape index (κ3) is 9.50. The van der Waals surface area contributed by atoms with Crippen LogP contribution in [0.5, 0.6) is 0 Å². The van der Waals surface area contributed by atoms with Crippen LogP contribution in [0.2, 0.25) is 0 Å². The SMILES string of the molecule is CCN(CC)CCCC(C)NC(=NC)NCC(c1cccs1)N1CCOCC1.I. The highest BCUT2D eigenvalue weighted by molar-refractivity contribution is 14.0. The Bertz CT molecular complexity index is 547. The lowest BCUT2D eigenvalue weighted by Gasteiger charge is -2.34. The van der Waals surface area contributed by atoms with Gasteiger partial charge >= 0.3 is 0 Å². The van der Waals surface area contributed by atoms with Crippen molar-refractivity contribution in [2.75, 3.05) is 59.5 Å². The van der Waals surface area contributed by atoms with Gasteiger partial charge in [0.15, 0.2) is 5.96 Å². The Morgan fingerprint density at radius 2 is 2.03 bits per heavy atom. The molecule has 2 heterocycles. The molecule has 168 valence electrons. The molecule has 1 aliphatic heterocycles. The maximum absolute atomic E-state index is 5.54. The first kappa shape index (κ1) is 26.6. The van der Waals surface area contributed by atoms with Crippen LogP contribution >= 0.6 is 35.3 Å². The van der Waals surface area contributed by atoms with Crippen LogP contribution in [0.3, 0.4) is 0 Å². The summed E-state index contributed by atoms with van der Waals surface area (Å²) in [5.74, 6) is 0.894. The van der Waals surface area contributed by atoms with Crippen LogP contribution in [-0.4, -0.2) is 81.3 Å². The molecule has 0 aliphatic carbocycles. The van der Waals surface area contributed by atoms with Gasteiger partial charge in [0.25, 0.3) is 0 Å². The van der Waals surface area contributed by atoms with Gasteiger partial charge in [-0.1, -0.05) is 19.9 Å². The second kappa shape index (κ2) is 15.4. The summed E-state index contributed by atoms with van der Waals surface area (Å²) in [6, 6.07) is 5.14. The highest BCUT2D eigenvalue weighted by atomic mass is 127. The third-order valence-electron chi connectivity index (χ3n) is 5.43. The van der Waals surface area contributed by atoms with E-state index in [1.165, 1.54) is 17.8 Å². The van der Waals surface area contributed by atoms with E-state index in [1.807, 2.05) is 18.4 Å². The average molecular weight is 538 g/mol. The van der Waals surface area contributed by atoms with Gasteiger partial charge in [0.2, 0.25) is 0 Å². The molecule has 0 spiro atoms. The Morgan fingerprint density at radius 1 is 1.31 bits per heavy atom. The zero-order chi connectivity index (χ0) is 20.2. The van der Waals surface area contributed by atoms with Crippen molar-refractivity contribution < 1.29 is 4.74 Å². The van der Waals surface area contributed by atoms with Crippen LogP contribution in [0.15, 0.2) is 22.5 Å². The summed E-state index contributed by atoms with van der Waals surface area (Å²) in [5, 5.41) is 9.28. The summed E-state index contributed by atoms with van der Waals surface area (Å²) in [4.78, 5) is 10.8. The van der Waals surface area contributed by atoms with Crippen molar-refractivity contribution in [1.29, 1.82) is 0 Å². The Balaban J connectivity index is 0.00000420. The van der Waals surface area contributed by atoms with Gasteiger partial charge in [0.1, 0.15) is 0 Å². The molecule has 0 amide bonds. The molecule has 8 heteroatoms. The van der Waals surface area contributed by atoms with E-state index >= 15 is 0 Å². The van der Waals surface area contributed by atoms with Gasteiger partial charge in [-0.3, -0.25) is 9.89 Å². The fourth-order valence-electron chi connectivity index (χ4n) is 3.63. The quantitative estimate of drug-likeness (QED) is 0.258. The van der Waals surface area contributed by atoms with Gasteiger partial charge in [-0.25, -0.2) is 0 Å². The standard InChI is InChI=1S/C21H39N5OS.HI/c1-5-25(6-2)11-7-9-18(3)24-21(22-4)23-17-19(20-10-8-16-28-20)26-12-14-27-15-13-26;/h8,10,16,18-19H,5-7,9,11-15,17H2,1-4H3,(H2,22,23,24);1H. The minimum Gasteiger partial charge on any atom is -0.379 e. The number of aliphatic imine (C=N–C) groups is 1. The first-order valence-corrected chi connectivity index (χ1v) is 11.6. The van der Waals surface area contributed by atoms with Crippen molar-refractivity contribution in [1.82, 2.24) is 20.4 Å². The number of hydrogen-bond acceptors (Lipinski definition) is 5. The van der Waals surface area contributed by atoms with Gasteiger partial charge in [-0.15, -0.1) is 35.3 Å². The summed E-state index contributed by atoms with van der Waals surface area (Å²) < 4.78 is 5.54. The molecule has 1 fully saturated rings. The Labute approximate surface area is 198 Å². The predicted molar refractivity (Wildman–Crippen MR) is 136 cm³/mol. The molecule has 0 saturated carbocycles. The van der Waals surface area contributed by atoms with Crippen LogP contribution in [0.4, 0.5) is 0 Å². The second-order valence-corrected chi connectivity index (χ2v) is 8.33. The van der Waals surface area contributed by atoms with E-state index in [0.29, 0.717) is 12.1 Å². The monoisotopic (exact) mass is 537 g/mol. The number of nitrogens with zero attached hydrogens (tertiary/aromatic N) is 3. The second-order valence-electron chi connectivity index (χ2n) is 7.35. The van der Waals surface area contributed by atoms with Crippen molar-refractivity contribution in [2.45, 2.75) is 45.7 Å². The largest absolute Gasteiger partial charge is 0.379 e. The van der Waals surface area contributed by atoms with Crippen LogP contribution < -0.4 is 10.6 Å². The van der Waals surface area contributed by atoms with Crippen molar-refractivity contribution in [3.63, 3.8) is 0 Å². The molecule has 2 N–H and O–H groups in total. The van der Waals surface area contributed by atoms with Gasteiger partial charge < -0.3 is 20.3 Å². The summed E-state index contributed by atoms with van der Waals surface area (Å²) >= 11 is 1.83. The average Bonchev–Trinajstić information content (AvgIpc) is 3.26. The number of nitrogens with one attached hydrogen (secondary N) is 2. The van der Waals surface area contributed by atoms with Crippen molar-refractivity contribution in [3.05, 3.63) is 22.4 Å². The first-order valence-electron chi connectivity index (χ1n) is 10.7. The van der Waals surface area contributed by atoms with Gasteiger partial charge in [-0.2, -0.15) is 0 Å². The lowest BCUT2D eigenvalue weighted by Crippen LogP contribution is -2.47. The highest BCUT2D eigenvalue weighted by Crippen LogP contribution is 2.25. The van der Waals surface area contributed by atoms with E-state index in [0.717, 1.165) is 58.3 Å². The van der Waals surface area contributed by atoms with Crippen molar-refractivity contribution >= 4 is 41.3 Å². The Kier molecular flexibility index (Phi) is 14.1. The number of rotatable bonds is 11. The predicted octanol–water partition coefficient (Wildman–Crippen LogP) is 3.41. The van der Waals surface area contributed by atoms with Crippen LogP contribution in [0, 0.1) is 0 Å². The molecule has 2 rings (SSSR count). The summed E-state index contributed by atoms with van der Waals surface area (Å²) in [5.41, 5.74) is 0. The van der Waals surface area contributed by atoms with Gasteiger partial charge in [-0.05, 0) is 50.8 Å². The topological polar surface area (TPSA) is 52.1 Å². The minimum atomic E-state index is 0. The molecule has 2 unspecified atom stereocenters. The van der Waals surface area contributed by atoms with E-state index in [-0.39, 0.29) is 24.0 Å². The van der Waals surface area contributed by atoms with Gasteiger partial charge in [0, 0.05) is 37.6 Å². The van der Waals surface area contributed by atoms with Gasteiger partial charge in [0.05, 0.1) is 19.3 Å². The lowest BCUT2D eigenvalue weighted by atomic mass is 10.1. The molecule has 1 aromatic heterocycles. The molecule has 0 bridgehead atoms. The molecule has 2 atom stereocenters. The van der Waals surface area contributed by atoms with E-state index < -0.39 is 0 Å². The lowest BCUT2D eigenvalue weighted by molar-refractivity contribution is 0.0177. The maximum Gasteiger partial charge on any atom is 0.191 e. The van der Waals surface area contributed by atoms with Crippen LogP contribution in [-0.2, 0) is 4.74 Å². The molecule has 1 aliphatic rings. The number of hydrogen-bond donors (Lipinski definition) is 2. The summed E-state index contributed by atoms with van der Waals surface area (Å²) in [6.07, 6.45) is 2.35. The third-order valence-corrected chi connectivity index (χ3v) is 6.41. The van der Waals surface area contributed by atoms with Crippen LogP contribution in [0.1, 0.15) is 44.5 Å². The smallest absolute Gasteiger partial charge is 0.191 e. The molecule has 0 aromatic carbocycles. The molecule has 0 radical (unpaired) electrons. The number of guanidine groups is 1. The molecule has 1 aromatic rings. The maximum atomic E-state index is 5.54. The molecular weight excluding hydrogens is 497 g/mol.